The van der Waals surface area contributed by atoms with Crippen molar-refractivity contribution in [1.29, 1.82) is 0 Å². The minimum atomic E-state index is -0.610. The number of thiocarbonyl (C=S) groups is 1. The number of rotatable bonds is 10. The first-order chi connectivity index (χ1) is 14.3. The van der Waals surface area contributed by atoms with Crippen molar-refractivity contribution >= 4 is 28.8 Å². The molecule has 164 valence electrons. The van der Waals surface area contributed by atoms with Crippen molar-refractivity contribution < 1.29 is 19.2 Å². The van der Waals surface area contributed by atoms with E-state index in [9.17, 15) is 14.9 Å². The Kier molecular flexibility index (Phi) is 8.16. The van der Waals surface area contributed by atoms with Gasteiger partial charge in [-0.15, -0.1) is 0 Å². The molecule has 0 saturated heterocycles. The molecule has 1 N–H and O–H groups in total. The highest BCUT2D eigenvalue weighted by molar-refractivity contribution is 7.80. The quantitative estimate of drug-likeness (QED) is 0.330. The number of ketones is 1. The van der Waals surface area contributed by atoms with Gasteiger partial charge in [0.2, 0.25) is 5.75 Å². The second-order valence-electron chi connectivity index (χ2n) is 7.00. The fourth-order valence-electron chi connectivity index (χ4n) is 3.50. The molecule has 0 spiro atoms. The van der Waals surface area contributed by atoms with Gasteiger partial charge < -0.3 is 19.7 Å². The lowest BCUT2D eigenvalue weighted by atomic mass is 9.91. The van der Waals surface area contributed by atoms with Gasteiger partial charge in [0.15, 0.2) is 16.6 Å². The lowest BCUT2D eigenvalue weighted by Gasteiger charge is -2.37. The van der Waals surface area contributed by atoms with Crippen molar-refractivity contribution in [1.82, 2.24) is 10.2 Å². The Morgan fingerprint density at radius 1 is 1.27 bits per heavy atom. The van der Waals surface area contributed by atoms with Gasteiger partial charge in [-0.2, -0.15) is 0 Å². The zero-order chi connectivity index (χ0) is 22.4. The molecular formula is C21H29N3O5S. The number of allylic oxidation sites excluding steroid dienone is 1. The summed E-state index contributed by atoms with van der Waals surface area (Å²) in [6.07, 6.45) is 1.56. The predicted octanol–water partition coefficient (Wildman–Crippen LogP) is 4.29. The Labute approximate surface area is 182 Å². The molecular weight excluding hydrogens is 406 g/mol. The number of Topliss-reactive ketones (excluding diaryl/α,β-unsaturated/α-hetero) is 1. The predicted molar refractivity (Wildman–Crippen MR) is 119 cm³/mol. The summed E-state index contributed by atoms with van der Waals surface area (Å²) < 4.78 is 11.3. The number of nitrogens with one attached hydrogen (secondary N) is 1. The highest BCUT2D eigenvalue weighted by atomic mass is 32.1. The van der Waals surface area contributed by atoms with Crippen LogP contribution in [0.3, 0.4) is 0 Å². The molecule has 0 bridgehead atoms. The van der Waals surface area contributed by atoms with Gasteiger partial charge in [-0.1, -0.05) is 13.8 Å². The van der Waals surface area contributed by atoms with Crippen molar-refractivity contribution in [3.05, 3.63) is 39.1 Å². The summed E-state index contributed by atoms with van der Waals surface area (Å²) in [4.78, 5) is 25.7. The van der Waals surface area contributed by atoms with Crippen LogP contribution in [-0.4, -0.2) is 40.5 Å². The van der Waals surface area contributed by atoms with Crippen molar-refractivity contribution in [3.8, 4) is 11.5 Å². The fraction of sp³-hybridized carbons (Fsp3) is 0.524. The molecule has 0 radical (unpaired) electrons. The van der Waals surface area contributed by atoms with E-state index in [1.165, 1.54) is 13.0 Å². The largest absolute Gasteiger partial charge is 0.490 e. The van der Waals surface area contributed by atoms with Crippen LogP contribution in [0.2, 0.25) is 0 Å². The maximum atomic E-state index is 12.5. The number of nitro benzene ring substituents is 1. The maximum Gasteiger partial charge on any atom is 0.315 e. The van der Waals surface area contributed by atoms with Crippen molar-refractivity contribution in [3.63, 3.8) is 0 Å². The molecule has 1 heterocycles. The topological polar surface area (TPSA) is 93.9 Å². The van der Waals surface area contributed by atoms with Gasteiger partial charge in [-0.05, 0) is 57.5 Å². The molecule has 1 aliphatic heterocycles. The highest BCUT2D eigenvalue weighted by Crippen LogP contribution is 2.42. The van der Waals surface area contributed by atoms with Crippen LogP contribution in [0.15, 0.2) is 23.4 Å². The van der Waals surface area contributed by atoms with Crippen molar-refractivity contribution in [2.75, 3.05) is 19.8 Å². The van der Waals surface area contributed by atoms with E-state index in [0.29, 0.717) is 42.4 Å². The molecule has 2 rings (SSSR count). The summed E-state index contributed by atoms with van der Waals surface area (Å²) in [6.45, 7) is 10.4. The van der Waals surface area contributed by atoms with E-state index in [1.54, 1.807) is 13.0 Å². The smallest absolute Gasteiger partial charge is 0.315 e. The van der Waals surface area contributed by atoms with Crippen LogP contribution in [0.5, 0.6) is 11.5 Å². The molecule has 1 aromatic rings. The van der Waals surface area contributed by atoms with Crippen LogP contribution in [0.1, 0.15) is 59.1 Å². The Bertz CT molecular complexity index is 868. The van der Waals surface area contributed by atoms with Gasteiger partial charge in [0.05, 0.1) is 24.2 Å². The zero-order valence-electron chi connectivity index (χ0n) is 18.1. The van der Waals surface area contributed by atoms with E-state index in [1.807, 2.05) is 25.7 Å². The lowest BCUT2D eigenvalue weighted by molar-refractivity contribution is -0.386. The molecule has 1 atom stereocenters. The van der Waals surface area contributed by atoms with Crippen LogP contribution in [-0.2, 0) is 4.79 Å². The number of nitro groups is 1. The number of hydrogen-bond acceptors (Lipinski definition) is 6. The summed E-state index contributed by atoms with van der Waals surface area (Å²) >= 11 is 5.52. The van der Waals surface area contributed by atoms with Crippen molar-refractivity contribution in [2.45, 2.75) is 53.5 Å². The first-order valence-electron chi connectivity index (χ1n) is 10.1. The molecule has 0 amide bonds. The molecule has 1 aliphatic rings. The van der Waals surface area contributed by atoms with E-state index >= 15 is 0 Å². The molecule has 0 saturated carbocycles. The number of benzene rings is 1. The summed E-state index contributed by atoms with van der Waals surface area (Å²) in [7, 11) is 0. The monoisotopic (exact) mass is 435 g/mol. The molecule has 0 aromatic heterocycles. The Morgan fingerprint density at radius 3 is 2.50 bits per heavy atom. The second kappa shape index (κ2) is 10.4. The van der Waals surface area contributed by atoms with Crippen molar-refractivity contribution in [2.24, 2.45) is 0 Å². The van der Waals surface area contributed by atoms with Gasteiger partial charge in [0.1, 0.15) is 0 Å². The van der Waals surface area contributed by atoms with Crippen LogP contribution < -0.4 is 14.8 Å². The van der Waals surface area contributed by atoms with E-state index in [-0.39, 0.29) is 23.0 Å². The van der Waals surface area contributed by atoms with Gasteiger partial charge in [0, 0.05) is 23.9 Å². The number of carbonyl (C=O) groups excluding carboxylic acids is 1. The molecule has 1 unspecified atom stereocenters. The number of nitrogens with zero attached hydrogens (tertiary/aromatic N) is 2. The standard InChI is InChI=1S/C21H29N3O5S/c1-6-9-23-13(4)18(14(5)25)19(22-21(23)30)15-11-16(24(26)27)20(29-10-7-2)17(12-15)28-8-3/h11-12,19H,6-10H2,1-5H3,(H,22,30). The third-order valence-electron chi connectivity index (χ3n) is 4.76. The summed E-state index contributed by atoms with van der Waals surface area (Å²) in [5, 5.41) is 15.5. The normalized spacial score (nSPS) is 16.4. The lowest BCUT2D eigenvalue weighted by Crippen LogP contribution is -2.47. The number of carbonyl (C=O) groups is 1. The number of ether oxygens (including phenoxy) is 2. The third-order valence-corrected chi connectivity index (χ3v) is 5.10. The first-order valence-corrected chi connectivity index (χ1v) is 10.5. The summed E-state index contributed by atoms with van der Waals surface area (Å²) in [5.41, 5.74) is 1.60. The minimum Gasteiger partial charge on any atom is -0.490 e. The van der Waals surface area contributed by atoms with E-state index in [0.717, 1.165) is 12.1 Å². The average Bonchev–Trinajstić information content (AvgIpc) is 2.68. The van der Waals surface area contributed by atoms with Crippen LogP contribution in [0.25, 0.3) is 0 Å². The van der Waals surface area contributed by atoms with Crippen LogP contribution >= 0.6 is 12.2 Å². The molecule has 8 nitrogen and oxygen atoms in total. The minimum absolute atomic E-state index is 0.100. The van der Waals surface area contributed by atoms with E-state index in [2.05, 4.69) is 5.32 Å². The molecule has 1 aromatic carbocycles. The van der Waals surface area contributed by atoms with Gasteiger partial charge in [0.25, 0.3) is 0 Å². The van der Waals surface area contributed by atoms with Crippen LogP contribution in [0, 0.1) is 10.1 Å². The van der Waals surface area contributed by atoms with E-state index in [4.69, 9.17) is 21.7 Å². The summed E-state index contributed by atoms with van der Waals surface area (Å²) in [5.74, 6) is 0.253. The number of hydrogen-bond donors (Lipinski definition) is 1. The Balaban J connectivity index is 2.67. The van der Waals surface area contributed by atoms with Gasteiger partial charge >= 0.3 is 5.69 Å². The Morgan fingerprint density at radius 2 is 1.97 bits per heavy atom. The first kappa shape index (κ1) is 23.6. The summed E-state index contributed by atoms with van der Waals surface area (Å²) in [6, 6.07) is 2.51. The van der Waals surface area contributed by atoms with Crippen LogP contribution in [0.4, 0.5) is 5.69 Å². The second-order valence-corrected chi connectivity index (χ2v) is 7.38. The molecule has 9 heteroatoms. The zero-order valence-corrected chi connectivity index (χ0v) is 18.9. The average molecular weight is 436 g/mol. The highest BCUT2D eigenvalue weighted by Gasteiger charge is 2.34. The Hall–Kier alpha value is -2.68. The van der Waals surface area contributed by atoms with Gasteiger partial charge in [-0.3, -0.25) is 14.9 Å². The van der Waals surface area contributed by atoms with Gasteiger partial charge in [-0.25, -0.2) is 0 Å². The molecule has 0 fully saturated rings. The maximum absolute atomic E-state index is 12.5. The molecule has 30 heavy (non-hydrogen) atoms. The molecule has 0 aliphatic carbocycles. The fourth-order valence-corrected chi connectivity index (χ4v) is 3.85. The SMILES string of the molecule is CCCOc1c(OCC)cc(C2NC(=S)N(CCC)C(C)=C2C(C)=O)cc1[N+](=O)[O-]. The van der Waals surface area contributed by atoms with E-state index < -0.39 is 11.0 Å². The third kappa shape index (κ3) is 4.89.